The lowest BCUT2D eigenvalue weighted by atomic mass is 10.0. The van der Waals surface area contributed by atoms with Gasteiger partial charge in [-0.15, -0.1) is 0 Å². The van der Waals surface area contributed by atoms with E-state index in [1.807, 2.05) is 0 Å². The monoisotopic (exact) mass is 160 g/mol. The van der Waals surface area contributed by atoms with Crippen LogP contribution in [0.1, 0.15) is 10.4 Å². The Labute approximate surface area is 68.6 Å². The molecule has 4 heteroatoms. The minimum absolute atomic E-state index is 0.253. The Kier molecular flexibility index (Phi) is 2.25. The molecular weight excluding hydrogens is 156 g/mol. The fraction of sp³-hybridized carbons (Fsp3) is 0.125. The van der Waals surface area contributed by atoms with Gasteiger partial charge in [0, 0.05) is 0 Å². The van der Waals surface area contributed by atoms with Gasteiger partial charge < -0.3 is 4.42 Å². The largest absolute Gasteiger partial charge is 0.472 e. The van der Waals surface area contributed by atoms with Gasteiger partial charge >= 0.3 is 0 Å². The van der Waals surface area contributed by atoms with Crippen molar-refractivity contribution in [1.82, 2.24) is 0 Å². The van der Waals surface area contributed by atoms with Gasteiger partial charge in [0.2, 0.25) is 0 Å². The van der Waals surface area contributed by atoms with Gasteiger partial charge in [-0.2, -0.15) is 10.5 Å². The first-order chi connectivity index (χ1) is 5.79. The minimum Gasteiger partial charge on any atom is -0.472 e. The summed E-state index contributed by atoms with van der Waals surface area (Å²) in [5.41, 5.74) is 0.253. The Hall–Kier alpha value is -2.07. The molecule has 0 aromatic carbocycles. The molecular formula is C8H4N2O2. The molecule has 0 spiro atoms. The lowest BCUT2D eigenvalue weighted by molar-refractivity contribution is 0.0970. The SMILES string of the molecule is N#CC(C#N)C(=O)c1ccoc1. The third kappa shape index (κ3) is 1.33. The van der Waals surface area contributed by atoms with Crippen LogP contribution in [0.15, 0.2) is 23.0 Å². The molecule has 0 amide bonds. The van der Waals surface area contributed by atoms with Crippen LogP contribution in [-0.4, -0.2) is 5.78 Å². The number of Topliss-reactive ketones (excluding diaryl/α,β-unsaturated/α-hetero) is 1. The second kappa shape index (κ2) is 3.36. The normalized spacial score (nSPS) is 8.92. The Morgan fingerprint density at radius 3 is 2.58 bits per heavy atom. The molecule has 0 saturated heterocycles. The third-order valence-electron chi connectivity index (χ3n) is 1.33. The molecule has 0 aliphatic rings. The number of rotatable bonds is 2. The molecule has 1 aromatic heterocycles. The summed E-state index contributed by atoms with van der Waals surface area (Å²) in [5, 5.41) is 16.7. The van der Waals surface area contributed by atoms with Crippen LogP contribution in [-0.2, 0) is 0 Å². The van der Waals surface area contributed by atoms with Gasteiger partial charge in [0.15, 0.2) is 11.7 Å². The van der Waals surface area contributed by atoms with Crippen LogP contribution < -0.4 is 0 Å². The number of carbonyl (C=O) groups is 1. The molecule has 0 aliphatic heterocycles. The maximum Gasteiger partial charge on any atom is 0.197 e. The summed E-state index contributed by atoms with van der Waals surface area (Å²) >= 11 is 0. The quantitative estimate of drug-likeness (QED) is 0.607. The Balaban J connectivity index is 2.88. The molecule has 4 nitrogen and oxygen atoms in total. The Morgan fingerprint density at radius 1 is 1.50 bits per heavy atom. The van der Waals surface area contributed by atoms with E-state index in [9.17, 15) is 4.79 Å². The van der Waals surface area contributed by atoms with Crippen molar-refractivity contribution in [3.63, 3.8) is 0 Å². The number of nitriles is 2. The second-order valence-electron chi connectivity index (χ2n) is 2.07. The number of ketones is 1. The van der Waals surface area contributed by atoms with Crippen LogP contribution in [0.25, 0.3) is 0 Å². The topological polar surface area (TPSA) is 77.8 Å². The summed E-state index contributed by atoms with van der Waals surface area (Å²) in [6, 6.07) is 4.60. The van der Waals surface area contributed by atoms with Gasteiger partial charge in [0.1, 0.15) is 6.26 Å². The van der Waals surface area contributed by atoms with E-state index < -0.39 is 11.7 Å². The summed E-state index contributed by atoms with van der Waals surface area (Å²) in [4.78, 5) is 11.2. The summed E-state index contributed by atoms with van der Waals surface area (Å²) in [6.45, 7) is 0. The molecule has 1 rings (SSSR count). The standard InChI is InChI=1S/C8H4N2O2/c9-3-7(4-10)8(11)6-1-2-12-5-6/h1-2,5,7H. The summed E-state index contributed by atoms with van der Waals surface area (Å²) < 4.78 is 4.64. The van der Waals surface area contributed by atoms with Gasteiger partial charge in [-0.1, -0.05) is 0 Å². The minimum atomic E-state index is -1.23. The van der Waals surface area contributed by atoms with E-state index in [-0.39, 0.29) is 5.56 Å². The number of furan rings is 1. The van der Waals surface area contributed by atoms with E-state index in [2.05, 4.69) is 4.42 Å². The van der Waals surface area contributed by atoms with Gasteiger partial charge in [0.05, 0.1) is 24.0 Å². The highest BCUT2D eigenvalue weighted by Gasteiger charge is 2.19. The van der Waals surface area contributed by atoms with E-state index >= 15 is 0 Å². The molecule has 12 heavy (non-hydrogen) atoms. The molecule has 0 atom stereocenters. The number of hydrogen-bond acceptors (Lipinski definition) is 4. The van der Waals surface area contributed by atoms with Gasteiger partial charge in [-0.25, -0.2) is 0 Å². The molecule has 0 N–H and O–H groups in total. The van der Waals surface area contributed by atoms with E-state index in [1.54, 1.807) is 12.1 Å². The average molecular weight is 160 g/mol. The smallest absolute Gasteiger partial charge is 0.197 e. The van der Waals surface area contributed by atoms with Crippen molar-refractivity contribution in [1.29, 1.82) is 10.5 Å². The molecule has 0 saturated carbocycles. The van der Waals surface area contributed by atoms with Gasteiger partial charge in [-0.3, -0.25) is 4.79 Å². The molecule has 58 valence electrons. The first-order valence-corrected chi connectivity index (χ1v) is 3.15. The molecule has 1 aromatic rings. The molecule has 0 radical (unpaired) electrons. The highest BCUT2D eigenvalue weighted by atomic mass is 16.3. The van der Waals surface area contributed by atoms with Crippen molar-refractivity contribution >= 4 is 5.78 Å². The fourth-order valence-electron chi connectivity index (χ4n) is 0.717. The summed E-state index contributed by atoms with van der Waals surface area (Å²) in [6.07, 6.45) is 2.53. The van der Waals surface area contributed by atoms with Crippen LogP contribution in [0.2, 0.25) is 0 Å². The average Bonchev–Trinajstić information content (AvgIpc) is 2.58. The van der Waals surface area contributed by atoms with Crippen LogP contribution in [0.4, 0.5) is 0 Å². The first-order valence-electron chi connectivity index (χ1n) is 3.15. The molecule has 1 heterocycles. The highest BCUT2D eigenvalue weighted by Crippen LogP contribution is 2.07. The third-order valence-corrected chi connectivity index (χ3v) is 1.33. The van der Waals surface area contributed by atoms with Crippen molar-refractivity contribution < 1.29 is 9.21 Å². The van der Waals surface area contributed by atoms with Crippen molar-refractivity contribution in [3.8, 4) is 12.1 Å². The fourth-order valence-corrected chi connectivity index (χ4v) is 0.717. The predicted molar refractivity (Wildman–Crippen MR) is 37.8 cm³/mol. The molecule has 0 bridgehead atoms. The van der Waals surface area contributed by atoms with E-state index in [0.29, 0.717) is 0 Å². The highest BCUT2D eigenvalue weighted by molar-refractivity contribution is 6.00. The maximum absolute atomic E-state index is 11.2. The van der Waals surface area contributed by atoms with E-state index in [4.69, 9.17) is 10.5 Å². The van der Waals surface area contributed by atoms with Gasteiger partial charge in [0.25, 0.3) is 0 Å². The zero-order valence-electron chi connectivity index (χ0n) is 6.02. The lowest BCUT2D eigenvalue weighted by Gasteiger charge is -1.92. The number of nitrogens with zero attached hydrogens (tertiary/aromatic N) is 2. The maximum atomic E-state index is 11.2. The van der Waals surface area contributed by atoms with Crippen molar-refractivity contribution in [3.05, 3.63) is 24.2 Å². The van der Waals surface area contributed by atoms with Crippen molar-refractivity contribution in [2.24, 2.45) is 5.92 Å². The van der Waals surface area contributed by atoms with Crippen molar-refractivity contribution in [2.45, 2.75) is 0 Å². The first kappa shape index (κ1) is 8.03. The molecule has 0 aliphatic carbocycles. The summed E-state index contributed by atoms with van der Waals surface area (Å²) in [7, 11) is 0. The Bertz CT molecular complexity index is 339. The summed E-state index contributed by atoms with van der Waals surface area (Å²) in [5.74, 6) is -1.75. The lowest BCUT2D eigenvalue weighted by Crippen LogP contribution is -2.09. The predicted octanol–water partition coefficient (Wildman–Crippen LogP) is 1.13. The van der Waals surface area contributed by atoms with Gasteiger partial charge in [-0.05, 0) is 6.07 Å². The number of carbonyl (C=O) groups excluding carboxylic acids is 1. The van der Waals surface area contributed by atoms with Crippen LogP contribution >= 0.6 is 0 Å². The van der Waals surface area contributed by atoms with E-state index in [1.165, 1.54) is 18.6 Å². The zero-order chi connectivity index (χ0) is 8.97. The van der Waals surface area contributed by atoms with Crippen molar-refractivity contribution in [2.75, 3.05) is 0 Å². The molecule has 0 fully saturated rings. The zero-order valence-corrected chi connectivity index (χ0v) is 6.02. The number of hydrogen-bond donors (Lipinski definition) is 0. The molecule has 0 unspecified atom stereocenters. The van der Waals surface area contributed by atoms with Crippen LogP contribution in [0.5, 0.6) is 0 Å². The van der Waals surface area contributed by atoms with Crippen LogP contribution in [0.3, 0.4) is 0 Å². The second-order valence-corrected chi connectivity index (χ2v) is 2.07. The Morgan fingerprint density at radius 2 is 2.17 bits per heavy atom. The van der Waals surface area contributed by atoms with E-state index in [0.717, 1.165) is 0 Å². The van der Waals surface area contributed by atoms with Crippen LogP contribution in [0, 0.1) is 28.6 Å².